The maximum atomic E-state index is 12.0. The van der Waals surface area contributed by atoms with Crippen LogP contribution in [0.2, 0.25) is 5.02 Å². The number of aromatic nitrogens is 1. The molecule has 2 aromatic rings. The Bertz CT molecular complexity index is 687. The summed E-state index contributed by atoms with van der Waals surface area (Å²) in [5, 5.41) is 3.39. The maximum Gasteiger partial charge on any atom is 0.229 e. The number of benzene rings is 1. The van der Waals surface area contributed by atoms with Crippen molar-refractivity contribution in [3.63, 3.8) is 0 Å². The molecule has 0 atom stereocenters. The first-order valence-electron chi connectivity index (χ1n) is 6.37. The van der Waals surface area contributed by atoms with Crippen LogP contribution in [0.1, 0.15) is 11.3 Å². The summed E-state index contributed by atoms with van der Waals surface area (Å²) in [7, 11) is 0. The quantitative estimate of drug-likeness (QED) is 0.854. The Hall–Kier alpha value is -2.35. The van der Waals surface area contributed by atoms with E-state index in [2.05, 4.69) is 22.1 Å². The zero-order valence-electron chi connectivity index (χ0n) is 11.3. The first-order chi connectivity index (χ1) is 10.2. The number of carbonyl (C=O) groups excluding carboxylic acids is 1. The minimum Gasteiger partial charge on any atom is -0.320 e. The van der Waals surface area contributed by atoms with Gasteiger partial charge in [0.05, 0.1) is 13.0 Å². The molecule has 106 valence electrons. The molecule has 0 spiro atoms. The number of rotatable bonds is 3. The van der Waals surface area contributed by atoms with Gasteiger partial charge < -0.3 is 11.1 Å². The number of carbonyl (C=O) groups is 1. The number of nitrogens with two attached hydrogens (primary N) is 1. The molecule has 0 saturated carbocycles. The number of nitrogens with zero attached hydrogens (tertiary/aromatic N) is 1. The van der Waals surface area contributed by atoms with Crippen LogP contribution in [0, 0.1) is 11.8 Å². The van der Waals surface area contributed by atoms with Crippen molar-refractivity contribution in [2.24, 2.45) is 5.73 Å². The van der Waals surface area contributed by atoms with Crippen LogP contribution >= 0.6 is 11.6 Å². The van der Waals surface area contributed by atoms with E-state index >= 15 is 0 Å². The van der Waals surface area contributed by atoms with Crippen molar-refractivity contribution in [3.05, 3.63) is 58.7 Å². The van der Waals surface area contributed by atoms with Gasteiger partial charge in [0.25, 0.3) is 0 Å². The minimum atomic E-state index is -0.145. The van der Waals surface area contributed by atoms with E-state index in [9.17, 15) is 4.79 Å². The Morgan fingerprint density at radius 3 is 2.71 bits per heavy atom. The van der Waals surface area contributed by atoms with E-state index in [0.717, 1.165) is 5.56 Å². The molecule has 21 heavy (non-hydrogen) atoms. The van der Waals surface area contributed by atoms with Gasteiger partial charge in [-0.1, -0.05) is 35.7 Å². The summed E-state index contributed by atoms with van der Waals surface area (Å²) in [5.41, 5.74) is 6.77. The van der Waals surface area contributed by atoms with Crippen molar-refractivity contribution in [1.29, 1.82) is 0 Å². The fourth-order valence-electron chi connectivity index (χ4n) is 1.69. The van der Waals surface area contributed by atoms with Gasteiger partial charge in [0.15, 0.2) is 0 Å². The number of amides is 1. The number of nitrogens with one attached hydrogen (secondary N) is 1. The van der Waals surface area contributed by atoms with Gasteiger partial charge >= 0.3 is 0 Å². The third-order valence-electron chi connectivity index (χ3n) is 2.61. The molecule has 0 radical (unpaired) electrons. The van der Waals surface area contributed by atoms with Crippen molar-refractivity contribution in [1.82, 2.24) is 4.98 Å². The van der Waals surface area contributed by atoms with Crippen LogP contribution in [0.3, 0.4) is 0 Å². The highest BCUT2D eigenvalue weighted by Gasteiger charge is 2.05. The Morgan fingerprint density at radius 1 is 1.24 bits per heavy atom. The van der Waals surface area contributed by atoms with Gasteiger partial charge in [0.1, 0.15) is 11.5 Å². The molecule has 0 saturated heterocycles. The lowest BCUT2D eigenvalue weighted by molar-refractivity contribution is -0.115. The van der Waals surface area contributed by atoms with E-state index in [1.54, 1.807) is 30.3 Å². The molecule has 0 aliphatic carbocycles. The van der Waals surface area contributed by atoms with Crippen LogP contribution < -0.4 is 11.1 Å². The summed E-state index contributed by atoms with van der Waals surface area (Å²) >= 11 is 5.80. The molecule has 1 amide bonds. The topological polar surface area (TPSA) is 68.0 Å². The fraction of sp³-hybridized carbons (Fsp3) is 0.125. The summed E-state index contributed by atoms with van der Waals surface area (Å²) in [6.07, 6.45) is 0.261. The zero-order valence-corrected chi connectivity index (χ0v) is 12.0. The monoisotopic (exact) mass is 299 g/mol. The van der Waals surface area contributed by atoms with E-state index in [-0.39, 0.29) is 18.9 Å². The minimum absolute atomic E-state index is 0.145. The molecule has 5 heteroatoms. The van der Waals surface area contributed by atoms with Crippen LogP contribution in [0.15, 0.2) is 42.5 Å². The molecule has 1 heterocycles. The molecule has 3 N–H and O–H groups in total. The van der Waals surface area contributed by atoms with Crippen molar-refractivity contribution in [2.75, 3.05) is 11.9 Å². The average Bonchev–Trinajstić information content (AvgIpc) is 2.48. The fourth-order valence-corrected chi connectivity index (χ4v) is 1.82. The van der Waals surface area contributed by atoms with E-state index in [1.165, 1.54) is 0 Å². The highest BCUT2D eigenvalue weighted by molar-refractivity contribution is 6.30. The number of pyridine rings is 1. The second-order valence-corrected chi connectivity index (χ2v) is 4.70. The molecule has 0 aliphatic heterocycles. The SMILES string of the molecule is NCC#Cc1cccc(NC(=O)Cc2ccc(Cl)cc2)n1. The van der Waals surface area contributed by atoms with Crippen LogP contribution in [-0.4, -0.2) is 17.4 Å². The number of halogens is 1. The van der Waals surface area contributed by atoms with E-state index in [0.29, 0.717) is 16.5 Å². The van der Waals surface area contributed by atoms with Gasteiger partial charge in [-0.2, -0.15) is 0 Å². The predicted molar refractivity (Wildman–Crippen MR) is 84.0 cm³/mol. The van der Waals surface area contributed by atoms with Gasteiger partial charge in [-0.05, 0) is 35.7 Å². The normalized spacial score (nSPS) is 9.62. The van der Waals surface area contributed by atoms with Crippen LogP contribution in [0.25, 0.3) is 0 Å². The molecule has 4 nitrogen and oxygen atoms in total. The number of hydrogen-bond acceptors (Lipinski definition) is 3. The second kappa shape index (κ2) is 7.44. The molecule has 2 rings (SSSR count). The van der Waals surface area contributed by atoms with Crippen LogP contribution in [-0.2, 0) is 11.2 Å². The zero-order chi connectivity index (χ0) is 15.1. The summed E-state index contributed by atoms with van der Waals surface area (Å²) in [5.74, 6) is 5.87. The van der Waals surface area contributed by atoms with E-state index < -0.39 is 0 Å². The first-order valence-corrected chi connectivity index (χ1v) is 6.75. The van der Waals surface area contributed by atoms with Crippen molar-refractivity contribution in [2.45, 2.75) is 6.42 Å². The molecule has 0 bridgehead atoms. The average molecular weight is 300 g/mol. The smallest absolute Gasteiger partial charge is 0.229 e. The van der Waals surface area contributed by atoms with Gasteiger partial charge in [0, 0.05) is 5.02 Å². The number of anilines is 1. The van der Waals surface area contributed by atoms with Crippen molar-refractivity contribution >= 4 is 23.3 Å². The Kier molecular flexibility index (Phi) is 5.33. The highest BCUT2D eigenvalue weighted by atomic mass is 35.5. The van der Waals surface area contributed by atoms with Gasteiger partial charge in [-0.15, -0.1) is 0 Å². The lowest BCUT2D eigenvalue weighted by atomic mass is 10.1. The summed E-state index contributed by atoms with van der Waals surface area (Å²) in [6.45, 7) is 0.273. The van der Waals surface area contributed by atoms with Crippen molar-refractivity contribution in [3.8, 4) is 11.8 Å². The summed E-state index contributed by atoms with van der Waals surface area (Å²) in [4.78, 5) is 16.2. The summed E-state index contributed by atoms with van der Waals surface area (Å²) in [6, 6.07) is 12.4. The molecule has 0 fully saturated rings. The van der Waals surface area contributed by atoms with Gasteiger partial charge in [-0.25, -0.2) is 4.98 Å². The molecular formula is C16H14ClN3O. The largest absolute Gasteiger partial charge is 0.320 e. The Balaban J connectivity index is 2.00. The lowest BCUT2D eigenvalue weighted by Gasteiger charge is -2.05. The molecule has 0 unspecified atom stereocenters. The molecular weight excluding hydrogens is 286 g/mol. The van der Waals surface area contributed by atoms with Crippen LogP contribution in [0.5, 0.6) is 0 Å². The van der Waals surface area contributed by atoms with Crippen LogP contribution in [0.4, 0.5) is 5.82 Å². The van der Waals surface area contributed by atoms with E-state index in [1.807, 2.05) is 12.1 Å². The third kappa shape index (κ3) is 4.92. The van der Waals surface area contributed by atoms with Crippen molar-refractivity contribution < 1.29 is 4.79 Å². The Labute approximate surface area is 128 Å². The lowest BCUT2D eigenvalue weighted by Crippen LogP contribution is -2.15. The molecule has 1 aromatic heterocycles. The van der Waals surface area contributed by atoms with Gasteiger partial charge in [0.2, 0.25) is 5.91 Å². The standard InChI is InChI=1S/C16H14ClN3O/c17-13-8-6-12(7-9-13)11-16(21)20-15-5-1-3-14(19-15)4-2-10-18/h1,3,5-9H,10-11,18H2,(H,19,20,21). The third-order valence-corrected chi connectivity index (χ3v) is 2.87. The van der Waals surface area contributed by atoms with Gasteiger partial charge in [-0.3, -0.25) is 4.79 Å². The Morgan fingerprint density at radius 2 is 2.00 bits per heavy atom. The summed E-state index contributed by atoms with van der Waals surface area (Å²) < 4.78 is 0. The predicted octanol–water partition coefficient (Wildman–Crippen LogP) is 2.23. The maximum absolute atomic E-state index is 12.0. The molecule has 1 aromatic carbocycles. The first kappa shape index (κ1) is 15.0. The second-order valence-electron chi connectivity index (χ2n) is 4.27. The molecule has 0 aliphatic rings. The van der Waals surface area contributed by atoms with E-state index in [4.69, 9.17) is 17.3 Å². The number of hydrogen-bond donors (Lipinski definition) is 2. The highest BCUT2D eigenvalue weighted by Crippen LogP contribution is 2.11.